The normalized spacial score (nSPS) is 23.0. The number of halogens is 2. The van der Waals surface area contributed by atoms with Gasteiger partial charge in [-0.3, -0.25) is 9.59 Å². The molecule has 0 unspecified atom stereocenters. The van der Waals surface area contributed by atoms with Crippen LogP contribution in [0.1, 0.15) is 188 Å². The number of Topliss-reactive ketones (excluding diaryl/α,β-unsaturated/α-hetero) is 1. The van der Waals surface area contributed by atoms with E-state index < -0.39 is 10.8 Å². The van der Waals surface area contributed by atoms with E-state index in [0.29, 0.717) is 27.8 Å². The first kappa shape index (κ1) is 58.3. The molecule has 0 aromatic rings. The van der Waals surface area contributed by atoms with Gasteiger partial charge in [-0.05, 0) is 116 Å². The Kier molecular flexibility index (Phi) is 25.1. The number of ketones is 1. The van der Waals surface area contributed by atoms with Gasteiger partial charge in [0.2, 0.25) is 5.24 Å². The second-order valence-corrected chi connectivity index (χ2v) is 20.8. The van der Waals surface area contributed by atoms with Crippen molar-refractivity contribution >= 4 is 51.6 Å². The molecule has 8 heteroatoms. The standard InChI is InChI=1S/C16H28O2.C12H24O.C10H18O.C4H5ClO.C2H5.ClH.Mg/c1-8-16(18-13(17)12(2)3)10-14(4,5)9-15(6,7)11-16;1-6-12(13)8-10(2,3)7-11(4,5)9-12;1-9(2)5-8(11)6-10(3,4)7-9;1-3(2)4(5)6;1-2;;/h2,8-11H2,1,3-7H3;13H,6-9H2,1-5H3;5-7H2,1-4H3;1H2,2H3;1H2,2H3;1H;/q;;;;-1;;+2/p-1. The molecule has 0 atom stereocenters. The minimum Gasteiger partial charge on any atom is -1.00 e. The van der Waals surface area contributed by atoms with Crippen molar-refractivity contribution in [2.24, 2.45) is 32.5 Å². The van der Waals surface area contributed by atoms with E-state index in [1.807, 2.05) is 0 Å². The molecule has 3 aliphatic rings. The van der Waals surface area contributed by atoms with Crippen molar-refractivity contribution in [2.45, 2.75) is 200 Å². The predicted molar refractivity (Wildman–Crippen MR) is 221 cm³/mol. The fraction of sp³-hybridized carbons (Fsp3) is 0.818. The average Bonchev–Trinajstić information content (AvgIpc) is 2.84. The molecule has 3 rings (SSSR count). The van der Waals surface area contributed by atoms with Gasteiger partial charge in [0.1, 0.15) is 11.4 Å². The summed E-state index contributed by atoms with van der Waals surface area (Å²) in [6.07, 6.45) is 10.7. The molecule has 0 saturated heterocycles. The third-order valence-corrected chi connectivity index (χ3v) is 10.1. The van der Waals surface area contributed by atoms with Gasteiger partial charge in [-0.2, -0.15) is 6.92 Å². The maximum atomic E-state index is 11.9. The first-order chi connectivity index (χ1) is 22.1. The van der Waals surface area contributed by atoms with E-state index in [1.54, 1.807) is 20.8 Å². The van der Waals surface area contributed by atoms with Gasteiger partial charge in [0, 0.05) is 24.0 Å². The molecule has 302 valence electrons. The Morgan fingerprint density at radius 3 is 1.17 bits per heavy atom. The largest absolute Gasteiger partial charge is 2.00 e. The number of hydrogen-bond acceptors (Lipinski definition) is 5. The van der Waals surface area contributed by atoms with Gasteiger partial charge in [-0.15, -0.1) is 0 Å². The van der Waals surface area contributed by atoms with Crippen LogP contribution in [0.3, 0.4) is 0 Å². The van der Waals surface area contributed by atoms with Crippen LogP contribution in [0.5, 0.6) is 0 Å². The maximum Gasteiger partial charge on any atom is 2.00 e. The first-order valence-corrected chi connectivity index (χ1v) is 19.2. The fourth-order valence-corrected chi connectivity index (χ4v) is 9.97. The Morgan fingerprint density at radius 1 is 0.654 bits per heavy atom. The topological polar surface area (TPSA) is 80.7 Å². The second-order valence-electron chi connectivity index (χ2n) is 20.5. The number of ether oxygens (including phenoxy) is 1. The van der Waals surface area contributed by atoms with Crippen molar-refractivity contribution < 1.29 is 36.6 Å². The Balaban J connectivity index is -0.000000302. The van der Waals surface area contributed by atoms with Crippen molar-refractivity contribution in [3.05, 3.63) is 31.2 Å². The Hall–Kier alpha value is -0.404. The summed E-state index contributed by atoms with van der Waals surface area (Å²) in [7, 11) is 0. The van der Waals surface area contributed by atoms with Gasteiger partial charge in [0.05, 0.1) is 5.60 Å². The molecule has 0 aromatic carbocycles. The van der Waals surface area contributed by atoms with Crippen LogP contribution in [0.15, 0.2) is 24.3 Å². The Labute approximate surface area is 349 Å². The summed E-state index contributed by atoms with van der Waals surface area (Å²) in [6.45, 7) is 46.4. The van der Waals surface area contributed by atoms with E-state index in [9.17, 15) is 19.5 Å². The SMILES string of the molecule is C=C(C)C(=O)Cl.C=C(C)C(=O)OC1(CC)CC(C)(C)CC(C)(C)C1.CC1(C)CC(=O)CC(C)(C)C1.CCC1(O)CC(C)(C)CC(C)(C)C1.[CH2-]C.[Cl-].[Mg+2]. The van der Waals surface area contributed by atoms with Crippen molar-refractivity contribution in [3.8, 4) is 0 Å². The third kappa shape index (κ3) is 23.5. The van der Waals surface area contributed by atoms with Crippen molar-refractivity contribution in [1.29, 1.82) is 0 Å². The van der Waals surface area contributed by atoms with Crippen molar-refractivity contribution in [3.63, 3.8) is 0 Å². The van der Waals surface area contributed by atoms with E-state index >= 15 is 0 Å². The molecule has 0 radical (unpaired) electrons. The van der Waals surface area contributed by atoms with E-state index in [2.05, 4.69) is 117 Å². The molecule has 0 spiro atoms. The smallest absolute Gasteiger partial charge is 1.00 e. The summed E-state index contributed by atoms with van der Waals surface area (Å²) >= 11 is 4.87. The number of esters is 1. The molecule has 3 fully saturated rings. The zero-order valence-corrected chi connectivity index (χ0v) is 39.9. The summed E-state index contributed by atoms with van der Waals surface area (Å²) in [6, 6.07) is 0. The zero-order valence-electron chi connectivity index (χ0n) is 36.9. The summed E-state index contributed by atoms with van der Waals surface area (Å²) in [5.41, 5.74) is 1.64. The Morgan fingerprint density at radius 2 is 0.942 bits per heavy atom. The summed E-state index contributed by atoms with van der Waals surface area (Å²) < 4.78 is 5.82. The third-order valence-electron chi connectivity index (χ3n) is 9.74. The van der Waals surface area contributed by atoms with E-state index in [0.717, 1.165) is 51.4 Å². The Bertz CT molecular complexity index is 1100. The van der Waals surface area contributed by atoms with Crippen molar-refractivity contribution in [1.82, 2.24) is 0 Å². The molecule has 5 nitrogen and oxygen atoms in total. The van der Waals surface area contributed by atoms with Crippen LogP contribution in [-0.4, -0.2) is 56.4 Å². The summed E-state index contributed by atoms with van der Waals surface area (Å²) in [4.78, 5) is 33.0. The van der Waals surface area contributed by atoms with Gasteiger partial charge >= 0.3 is 29.0 Å². The van der Waals surface area contributed by atoms with E-state index in [-0.39, 0.29) is 68.7 Å². The molecule has 3 aliphatic carbocycles. The van der Waals surface area contributed by atoms with Crippen LogP contribution in [0.4, 0.5) is 0 Å². The van der Waals surface area contributed by atoms with Crippen LogP contribution in [0, 0.1) is 39.4 Å². The molecule has 0 aliphatic heterocycles. The molecule has 0 aromatic heterocycles. The molecular formula is C44H80Cl2MgO5. The van der Waals surface area contributed by atoms with Gasteiger partial charge in [0.25, 0.3) is 0 Å². The fourth-order valence-electron chi connectivity index (χ4n) is 9.97. The van der Waals surface area contributed by atoms with Crippen LogP contribution >= 0.6 is 11.6 Å². The summed E-state index contributed by atoms with van der Waals surface area (Å²) in [5, 5.41) is 9.89. The van der Waals surface area contributed by atoms with Gasteiger partial charge in [0.15, 0.2) is 0 Å². The van der Waals surface area contributed by atoms with Gasteiger partial charge in [-0.1, -0.05) is 110 Å². The number of carbonyl (C=O) groups is 3. The summed E-state index contributed by atoms with van der Waals surface area (Å²) in [5.74, 6) is 0.191. The molecule has 1 N–H and O–H groups in total. The van der Waals surface area contributed by atoms with Crippen molar-refractivity contribution in [2.75, 3.05) is 0 Å². The minimum atomic E-state index is -0.463. The molecule has 3 saturated carbocycles. The second kappa shape index (κ2) is 22.4. The van der Waals surface area contributed by atoms with E-state index in [1.165, 1.54) is 19.3 Å². The van der Waals surface area contributed by atoms with Gasteiger partial charge in [-0.25, -0.2) is 4.79 Å². The predicted octanol–water partition coefficient (Wildman–Crippen LogP) is 9.44. The van der Waals surface area contributed by atoms with Gasteiger partial charge < -0.3 is 29.2 Å². The average molecular weight is 784 g/mol. The zero-order chi connectivity index (χ0) is 40.4. The number of hydrogen-bond donors (Lipinski definition) is 1. The number of rotatable bonds is 5. The number of aliphatic hydroxyl groups is 1. The quantitative estimate of drug-likeness (QED) is 0.0989. The molecule has 0 heterocycles. The maximum absolute atomic E-state index is 11.9. The minimum absolute atomic E-state index is 0. The molecule has 0 amide bonds. The molecule has 0 bridgehead atoms. The molecular weight excluding hydrogens is 704 g/mol. The monoisotopic (exact) mass is 783 g/mol. The van der Waals surface area contributed by atoms with Crippen LogP contribution in [0.25, 0.3) is 0 Å². The van der Waals surface area contributed by atoms with Crippen LogP contribution in [-0.2, 0) is 19.1 Å². The number of allylic oxidation sites excluding steroid dienone is 1. The van der Waals surface area contributed by atoms with Crippen LogP contribution in [0.2, 0.25) is 0 Å². The first-order valence-electron chi connectivity index (χ1n) is 18.8. The molecule has 52 heavy (non-hydrogen) atoms. The number of carbonyl (C=O) groups excluding carboxylic acids is 3. The van der Waals surface area contributed by atoms with E-state index in [4.69, 9.17) is 16.3 Å². The van der Waals surface area contributed by atoms with Crippen LogP contribution < -0.4 is 12.4 Å².